The number of benzene rings is 2. The van der Waals surface area contributed by atoms with Gasteiger partial charge in [0.05, 0.1) is 34.2 Å². The lowest BCUT2D eigenvalue weighted by molar-refractivity contribution is -0.149. The number of anilines is 1. The first-order valence-electron chi connectivity index (χ1n) is 11.8. The number of urea groups is 1. The number of hydrogen-bond acceptors (Lipinski definition) is 4. The van der Waals surface area contributed by atoms with Crippen LogP contribution in [0.3, 0.4) is 0 Å². The molecule has 4 rings (SSSR count). The van der Waals surface area contributed by atoms with E-state index in [0.29, 0.717) is 22.7 Å². The lowest BCUT2D eigenvalue weighted by atomic mass is 9.99. The van der Waals surface area contributed by atoms with Crippen molar-refractivity contribution in [3.8, 4) is 5.69 Å². The zero-order valence-corrected chi connectivity index (χ0v) is 21.3. The largest absolute Gasteiger partial charge is 0.409 e. The number of nitrogens with zero attached hydrogens (tertiary/aromatic N) is 3. The van der Waals surface area contributed by atoms with E-state index in [0.717, 1.165) is 24.6 Å². The van der Waals surface area contributed by atoms with Gasteiger partial charge in [-0.2, -0.15) is 18.3 Å². The van der Waals surface area contributed by atoms with Crippen LogP contribution in [-0.2, 0) is 16.3 Å². The number of alkyl halides is 3. The van der Waals surface area contributed by atoms with E-state index in [1.807, 2.05) is 0 Å². The van der Waals surface area contributed by atoms with E-state index in [2.05, 4.69) is 10.4 Å². The number of fused-ring (bicyclic) bond motifs is 1. The third kappa shape index (κ3) is 5.66. The van der Waals surface area contributed by atoms with Crippen molar-refractivity contribution in [3.63, 3.8) is 0 Å². The second-order valence-corrected chi connectivity index (χ2v) is 11.1. The summed E-state index contributed by atoms with van der Waals surface area (Å²) in [5.74, 6) is -1.35. The van der Waals surface area contributed by atoms with Gasteiger partial charge in [-0.25, -0.2) is 26.7 Å². The summed E-state index contributed by atoms with van der Waals surface area (Å²) in [6, 6.07) is 4.10. The fraction of sp³-hybridized carbons (Fsp3) is 0.360. The highest BCUT2D eigenvalue weighted by Crippen LogP contribution is 2.39. The van der Waals surface area contributed by atoms with Gasteiger partial charge < -0.3 is 5.32 Å². The van der Waals surface area contributed by atoms with Crippen molar-refractivity contribution in [1.82, 2.24) is 15.1 Å². The topological polar surface area (TPSA) is 84.3 Å². The lowest BCUT2D eigenvalue weighted by Gasteiger charge is -2.37. The van der Waals surface area contributed by atoms with Crippen molar-refractivity contribution >= 4 is 21.6 Å². The van der Waals surface area contributed by atoms with Crippen LogP contribution in [0.4, 0.5) is 32.4 Å². The summed E-state index contributed by atoms with van der Waals surface area (Å²) < 4.78 is 95.2. The lowest BCUT2D eigenvalue weighted by Crippen LogP contribution is -2.55. The quantitative estimate of drug-likeness (QED) is 0.407. The number of halogens is 5. The second kappa shape index (κ2) is 10.4. The first-order chi connectivity index (χ1) is 17.8. The fourth-order valence-electron chi connectivity index (χ4n) is 4.57. The fourth-order valence-corrected chi connectivity index (χ4v) is 5.24. The van der Waals surface area contributed by atoms with Crippen LogP contribution in [0.5, 0.6) is 0 Å². The zero-order chi connectivity index (χ0) is 27.8. The van der Waals surface area contributed by atoms with Gasteiger partial charge in [0.15, 0.2) is 9.84 Å². The molecule has 2 atom stereocenters. The summed E-state index contributed by atoms with van der Waals surface area (Å²) >= 11 is 0. The summed E-state index contributed by atoms with van der Waals surface area (Å²) in [4.78, 5) is 13.7. The van der Waals surface area contributed by atoms with Gasteiger partial charge in [-0.05, 0) is 67.3 Å². The van der Waals surface area contributed by atoms with Gasteiger partial charge in [-0.3, -0.25) is 4.90 Å². The Hall–Kier alpha value is -3.48. The Morgan fingerprint density at radius 1 is 1.13 bits per heavy atom. The van der Waals surface area contributed by atoms with E-state index < -0.39 is 52.2 Å². The first kappa shape index (κ1) is 27.6. The van der Waals surface area contributed by atoms with Crippen LogP contribution in [-0.4, -0.2) is 42.7 Å². The van der Waals surface area contributed by atoms with Crippen molar-refractivity contribution in [2.45, 2.75) is 55.8 Å². The highest BCUT2D eigenvalue weighted by atomic mass is 32.2. The maximum Gasteiger partial charge on any atom is 0.409 e. The monoisotopic (exact) mass is 556 g/mol. The number of sulfone groups is 1. The molecule has 204 valence electrons. The van der Waals surface area contributed by atoms with E-state index >= 15 is 0 Å². The van der Waals surface area contributed by atoms with Crippen LogP contribution >= 0.6 is 0 Å². The minimum atomic E-state index is -4.75. The Labute approximate surface area is 216 Å². The average molecular weight is 557 g/mol. The van der Waals surface area contributed by atoms with Crippen LogP contribution < -0.4 is 10.2 Å². The molecule has 7 nitrogen and oxygen atoms in total. The van der Waals surface area contributed by atoms with Crippen LogP contribution in [0.2, 0.25) is 0 Å². The average Bonchev–Trinajstić information content (AvgIpc) is 3.26. The molecule has 0 fully saturated rings. The molecule has 0 saturated heterocycles. The molecule has 0 radical (unpaired) electrons. The number of hydrogen-bond donors (Lipinski definition) is 1. The molecule has 13 heteroatoms. The molecule has 0 saturated carbocycles. The SMILES string of the molecule is CCCC(NC(=O)N1c2cnn(-c3ccc(F)cc3)c2CCC1C(F)(F)F)c1cc(F)cc(S(C)(=O)=O)c1. The summed E-state index contributed by atoms with van der Waals surface area (Å²) in [7, 11) is -3.79. The molecule has 0 spiro atoms. The van der Waals surface area contributed by atoms with Gasteiger partial charge in [0.1, 0.15) is 17.7 Å². The molecular formula is C25H25F5N4O3S. The number of amides is 2. The number of nitrogens with one attached hydrogen (secondary N) is 1. The Balaban J connectivity index is 1.73. The molecule has 2 aromatic carbocycles. The Morgan fingerprint density at radius 3 is 2.42 bits per heavy atom. The van der Waals surface area contributed by atoms with Crippen molar-refractivity contribution in [1.29, 1.82) is 0 Å². The molecule has 2 unspecified atom stereocenters. The number of aromatic nitrogens is 2. The first-order valence-corrected chi connectivity index (χ1v) is 13.7. The van der Waals surface area contributed by atoms with Gasteiger partial charge in [-0.1, -0.05) is 13.3 Å². The zero-order valence-electron chi connectivity index (χ0n) is 20.5. The van der Waals surface area contributed by atoms with Crippen molar-refractivity contribution < 1.29 is 35.2 Å². The van der Waals surface area contributed by atoms with Crippen molar-refractivity contribution in [2.75, 3.05) is 11.2 Å². The van der Waals surface area contributed by atoms with E-state index in [-0.39, 0.29) is 29.0 Å². The van der Waals surface area contributed by atoms with E-state index in [1.165, 1.54) is 35.0 Å². The van der Waals surface area contributed by atoms with Gasteiger partial charge in [0.25, 0.3) is 0 Å². The molecule has 1 aromatic heterocycles. The summed E-state index contributed by atoms with van der Waals surface area (Å²) in [5.41, 5.74) is 0.801. The van der Waals surface area contributed by atoms with Crippen molar-refractivity contribution in [3.05, 3.63) is 71.6 Å². The van der Waals surface area contributed by atoms with Crippen LogP contribution in [0, 0.1) is 11.6 Å². The predicted molar refractivity (Wildman–Crippen MR) is 130 cm³/mol. The van der Waals surface area contributed by atoms with Crippen LogP contribution in [0.1, 0.15) is 43.5 Å². The van der Waals surface area contributed by atoms with Gasteiger partial charge >= 0.3 is 12.2 Å². The van der Waals surface area contributed by atoms with Gasteiger partial charge in [-0.15, -0.1) is 0 Å². The molecular weight excluding hydrogens is 531 g/mol. The van der Waals surface area contributed by atoms with E-state index in [1.54, 1.807) is 6.92 Å². The summed E-state index contributed by atoms with van der Waals surface area (Å²) in [6.45, 7) is 1.76. The molecule has 38 heavy (non-hydrogen) atoms. The third-order valence-electron chi connectivity index (χ3n) is 6.34. The normalized spacial score (nSPS) is 16.7. The number of rotatable bonds is 6. The molecule has 1 aliphatic heterocycles. The highest BCUT2D eigenvalue weighted by Gasteiger charge is 2.49. The summed E-state index contributed by atoms with van der Waals surface area (Å²) in [6.07, 6.45) is -2.50. The Morgan fingerprint density at radius 2 is 1.82 bits per heavy atom. The predicted octanol–water partition coefficient (Wildman–Crippen LogP) is 5.49. The smallest absolute Gasteiger partial charge is 0.331 e. The molecule has 2 heterocycles. The van der Waals surface area contributed by atoms with E-state index in [4.69, 9.17) is 0 Å². The van der Waals surface area contributed by atoms with Crippen LogP contribution in [0.15, 0.2) is 53.6 Å². The minimum Gasteiger partial charge on any atom is -0.331 e. The second-order valence-electron chi connectivity index (χ2n) is 9.11. The summed E-state index contributed by atoms with van der Waals surface area (Å²) in [5, 5.41) is 6.71. The minimum absolute atomic E-state index is 0.0410. The van der Waals surface area contributed by atoms with Crippen molar-refractivity contribution in [2.24, 2.45) is 0 Å². The Kier molecular flexibility index (Phi) is 7.51. The Bertz CT molecular complexity index is 1440. The molecule has 2 amide bonds. The third-order valence-corrected chi connectivity index (χ3v) is 7.43. The molecule has 1 N–H and O–H groups in total. The molecule has 0 aliphatic carbocycles. The molecule has 3 aromatic rings. The standard InChI is InChI=1S/C25H25F5N4O3S/c1-3-4-20(15-11-17(27)13-19(12-15)38(2,36)37)32-24(35)33-22-14-31-34(18-7-5-16(26)6-8-18)21(22)9-10-23(33)25(28,29)30/h5-8,11-14,20,23H,3-4,9-10H2,1-2H3,(H,32,35). The number of carbonyl (C=O) groups excluding carboxylic acids is 1. The maximum atomic E-state index is 14.3. The van der Waals surface area contributed by atoms with Crippen LogP contribution in [0.25, 0.3) is 5.69 Å². The maximum absolute atomic E-state index is 14.3. The molecule has 1 aliphatic rings. The van der Waals surface area contributed by atoms with E-state index in [9.17, 15) is 35.2 Å². The highest BCUT2D eigenvalue weighted by molar-refractivity contribution is 7.90. The van der Waals surface area contributed by atoms with Gasteiger partial charge in [0, 0.05) is 6.26 Å². The van der Waals surface area contributed by atoms with Gasteiger partial charge in [0.2, 0.25) is 0 Å². The molecule has 0 bridgehead atoms. The number of carbonyl (C=O) groups is 1.